The van der Waals surface area contributed by atoms with E-state index in [4.69, 9.17) is 0 Å². The number of aromatic nitrogens is 4. The first kappa shape index (κ1) is 21.9. The first-order chi connectivity index (χ1) is 14.2. The van der Waals surface area contributed by atoms with Gasteiger partial charge in [-0.05, 0) is 31.7 Å². The fourth-order valence-corrected chi connectivity index (χ4v) is 3.64. The highest BCUT2D eigenvalue weighted by molar-refractivity contribution is 5.96. The lowest BCUT2D eigenvalue weighted by molar-refractivity contribution is -0.127. The molecule has 8 nitrogen and oxygen atoms in total. The molecule has 1 aliphatic carbocycles. The fraction of sp³-hybridized carbons (Fsp3) is 0.591. The third-order valence-electron chi connectivity index (χ3n) is 5.44. The molecule has 162 valence electrons. The number of anilines is 1. The zero-order chi connectivity index (χ0) is 21.7. The summed E-state index contributed by atoms with van der Waals surface area (Å²) in [5.74, 6) is 0.908. The van der Waals surface area contributed by atoms with E-state index in [1.54, 1.807) is 25.4 Å². The SMILES string of the molecule is CC(NC(=O)CC1CCCCC1)C(=O)Nc1cc(C(C)(C)C)nn1-c1ncccn1. The second-order valence-electron chi connectivity index (χ2n) is 9.11. The van der Waals surface area contributed by atoms with Crippen LogP contribution in [0.3, 0.4) is 0 Å². The van der Waals surface area contributed by atoms with Crippen molar-refractivity contribution < 1.29 is 9.59 Å². The Hall–Kier alpha value is -2.77. The molecule has 0 bridgehead atoms. The predicted octanol–water partition coefficient (Wildman–Crippen LogP) is 3.37. The van der Waals surface area contributed by atoms with Gasteiger partial charge in [-0.15, -0.1) is 0 Å². The minimum absolute atomic E-state index is 0.0696. The molecule has 30 heavy (non-hydrogen) atoms. The summed E-state index contributed by atoms with van der Waals surface area (Å²) in [4.78, 5) is 33.6. The zero-order valence-electron chi connectivity index (χ0n) is 18.3. The van der Waals surface area contributed by atoms with Crippen LogP contribution in [0.5, 0.6) is 0 Å². The topological polar surface area (TPSA) is 102 Å². The highest BCUT2D eigenvalue weighted by Gasteiger charge is 2.25. The third kappa shape index (κ3) is 5.64. The first-order valence-corrected chi connectivity index (χ1v) is 10.7. The highest BCUT2D eigenvalue weighted by atomic mass is 16.2. The van der Waals surface area contributed by atoms with Crippen molar-refractivity contribution in [2.45, 2.75) is 77.7 Å². The minimum atomic E-state index is -0.654. The standard InChI is InChI=1S/C22H32N6O2/c1-15(25-19(29)13-16-9-6-5-7-10-16)20(30)26-18-14-17(22(2,3)4)27-28(18)21-23-11-8-12-24-21/h8,11-12,14-16H,5-7,9-10,13H2,1-4H3,(H,25,29)(H,26,30). The maximum atomic E-state index is 12.8. The van der Waals surface area contributed by atoms with Crippen molar-refractivity contribution in [3.63, 3.8) is 0 Å². The third-order valence-corrected chi connectivity index (χ3v) is 5.44. The Kier molecular flexibility index (Phi) is 6.84. The summed E-state index contributed by atoms with van der Waals surface area (Å²) in [6.07, 6.45) is 9.57. The monoisotopic (exact) mass is 412 g/mol. The lowest BCUT2D eigenvalue weighted by Crippen LogP contribution is -2.42. The molecule has 0 aliphatic heterocycles. The number of hydrogen-bond acceptors (Lipinski definition) is 5. The summed E-state index contributed by atoms with van der Waals surface area (Å²) in [6.45, 7) is 7.83. The molecule has 3 rings (SSSR count). The Balaban J connectivity index is 1.69. The predicted molar refractivity (Wildman–Crippen MR) is 115 cm³/mol. The van der Waals surface area contributed by atoms with Crippen LogP contribution in [0, 0.1) is 5.92 Å². The van der Waals surface area contributed by atoms with Crippen molar-refractivity contribution in [1.82, 2.24) is 25.1 Å². The second kappa shape index (κ2) is 9.36. The Morgan fingerprint density at radius 3 is 2.47 bits per heavy atom. The van der Waals surface area contributed by atoms with Gasteiger partial charge in [0.05, 0.1) is 5.69 Å². The summed E-state index contributed by atoms with van der Waals surface area (Å²) in [7, 11) is 0. The summed E-state index contributed by atoms with van der Waals surface area (Å²) < 4.78 is 1.52. The van der Waals surface area contributed by atoms with Crippen LogP contribution >= 0.6 is 0 Å². The van der Waals surface area contributed by atoms with Crippen molar-refractivity contribution >= 4 is 17.6 Å². The van der Waals surface area contributed by atoms with Crippen molar-refractivity contribution in [3.05, 3.63) is 30.2 Å². The molecule has 0 saturated heterocycles. The molecular weight excluding hydrogens is 380 g/mol. The number of amides is 2. The second-order valence-corrected chi connectivity index (χ2v) is 9.11. The van der Waals surface area contributed by atoms with Gasteiger partial charge >= 0.3 is 0 Å². The summed E-state index contributed by atoms with van der Waals surface area (Å²) in [5, 5.41) is 10.3. The van der Waals surface area contributed by atoms with Gasteiger partial charge in [0, 0.05) is 30.3 Å². The molecular formula is C22H32N6O2. The van der Waals surface area contributed by atoms with E-state index in [0.717, 1.165) is 18.5 Å². The van der Waals surface area contributed by atoms with E-state index >= 15 is 0 Å². The van der Waals surface area contributed by atoms with Crippen LogP contribution in [-0.4, -0.2) is 37.6 Å². The average molecular weight is 413 g/mol. The van der Waals surface area contributed by atoms with Gasteiger partial charge in [-0.3, -0.25) is 9.59 Å². The molecule has 1 fully saturated rings. The van der Waals surface area contributed by atoms with Gasteiger partial charge < -0.3 is 10.6 Å². The maximum Gasteiger partial charge on any atom is 0.252 e. The first-order valence-electron chi connectivity index (χ1n) is 10.7. The van der Waals surface area contributed by atoms with Crippen LogP contribution in [-0.2, 0) is 15.0 Å². The largest absolute Gasteiger partial charge is 0.345 e. The van der Waals surface area contributed by atoms with Crippen LogP contribution < -0.4 is 10.6 Å². The van der Waals surface area contributed by atoms with Crippen molar-refractivity contribution in [2.75, 3.05) is 5.32 Å². The molecule has 8 heteroatoms. The molecule has 0 aromatic carbocycles. The number of nitrogens with zero attached hydrogens (tertiary/aromatic N) is 4. The molecule has 0 radical (unpaired) electrons. The van der Waals surface area contributed by atoms with E-state index in [9.17, 15) is 9.59 Å². The number of nitrogens with one attached hydrogen (secondary N) is 2. The van der Waals surface area contributed by atoms with Gasteiger partial charge in [0.1, 0.15) is 11.9 Å². The lowest BCUT2D eigenvalue weighted by Gasteiger charge is -2.22. The Morgan fingerprint density at radius 2 is 1.83 bits per heavy atom. The summed E-state index contributed by atoms with van der Waals surface area (Å²) in [6, 6.07) is 2.89. The highest BCUT2D eigenvalue weighted by Crippen LogP contribution is 2.27. The number of carbonyl (C=O) groups excluding carboxylic acids is 2. The molecule has 2 amide bonds. The van der Waals surface area contributed by atoms with E-state index in [-0.39, 0.29) is 17.2 Å². The van der Waals surface area contributed by atoms with E-state index < -0.39 is 6.04 Å². The van der Waals surface area contributed by atoms with E-state index in [1.165, 1.54) is 23.9 Å². The summed E-state index contributed by atoms with van der Waals surface area (Å²) in [5.41, 5.74) is 0.596. The van der Waals surface area contributed by atoms with Gasteiger partial charge in [-0.25, -0.2) is 9.97 Å². The van der Waals surface area contributed by atoms with Crippen molar-refractivity contribution in [3.8, 4) is 5.95 Å². The van der Waals surface area contributed by atoms with Crippen molar-refractivity contribution in [1.29, 1.82) is 0 Å². The number of carbonyl (C=O) groups is 2. The lowest BCUT2D eigenvalue weighted by atomic mass is 9.87. The number of rotatable bonds is 6. The molecule has 1 aliphatic rings. The normalized spacial score (nSPS) is 16.1. The van der Waals surface area contributed by atoms with Crippen LogP contribution in [0.25, 0.3) is 5.95 Å². The van der Waals surface area contributed by atoms with E-state index in [0.29, 0.717) is 24.1 Å². The van der Waals surface area contributed by atoms with Crippen molar-refractivity contribution in [2.24, 2.45) is 5.92 Å². The van der Waals surface area contributed by atoms with Gasteiger partial charge in [0.2, 0.25) is 11.8 Å². The quantitative estimate of drug-likeness (QED) is 0.757. The maximum absolute atomic E-state index is 12.8. The van der Waals surface area contributed by atoms with Gasteiger partial charge in [-0.2, -0.15) is 9.78 Å². The smallest absolute Gasteiger partial charge is 0.252 e. The molecule has 2 heterocycles. The zero-order valence-corrected chi connectivity index (χ0v) is 18.3. The van der Waals surface area contributed by atoms with Gasteiger partial charge in [0.25, 0.3) is 5.95 Å². The molecule has 2 aromatic heterocycles. The minimum Gasteiger partial charge on any atom is -0.345 e. The van der Waals surface area contributed by atoms with Crippen LogP contribution in [0.15, 0.2) is 24.5 Å². The van der Waals surface area contributed by atoms with Crippen LogP contribution in [0.1, 0.15) is 71.9 Å². The van der Waals surface area contributed by atoms with E-state index in [1.807, 2.05) is 26.8 Å². The molecule has 2 N–H and O–H groups in total. The molecule has 1 atom stereocenters. The van der Waals surface area contributed by atoms with Gasteiger partial charge in [-0.1, -0.05) is 40.0 Å². The van der Waals surface area contributed by atoms with Gasteiger partial charge in [0.15, 0.2) is 0 Å². The Bertz CT molecular complexity index is 865. The Morgan fingerprint density at radius 1 is 1.17 bits per heavy atom. The summed E-state index contributed by atoms with van der Waals surface area (Å²) >= 11 is 0. The molecule has 1 saturated carbocycles. The number of hydrogen-bond donors (Lipinski definition) is 2. The molecule has 2 aromatic rings. The van der Waals surface area contributed by atoms with Crippen LogP contribution in [0.4, 0.5) is 5.82 Å². The molecule has 1 unspecified atom stereocenters. The Labute approximate surface area is 177 Å². The fourth-order valence-electron chi connectivity index (χ4n) is 3.64. The van der Waals surface area contributed by atoms with Crippen LogP contribution in [0.2, 0.25) is 0 Å². The molecule has 0 spiro atoms. The van der Waals surface area contributed by atoms with E-state index in [2.05, 4.69) is 25.7 Å². The average Bonchev–Trinajstić information content (AvgIpc) is 3.13.